The highest BCUT2D eigenvalue weighted by Gasteiger charge is 2.09. The van der Waals surface area contributed by atoms with Crippen LogP contribution in [0.1, 0.15) is 12.5 Å². The van der Waals surface area contributed by atoms with E-state index >= 15 is 0 Å². The molecule has 1 aromatic rings. The molecule has 0 aromatic heterocycles. The third kappa shape index (κ3) is 3.46. The molecule has 1 rings (SSSR count). The smallest absolute Gasteiger partial charge is 0.329 e. The first kappa shape index (κ1) is 12.9. The van der Waals surface area contributed by atoms with Gasteiger partial charge in [-0.05, 0) is 18.2 Å². The van der Waals surface area contributed by atoms with E-state index in [0.29, 0.717) is 16.3 Å². The van der Waals surface area contributed by atoms with Crippen LogP contribution in [0.2, 0.25) is 0 Å². The maximum Gasteiger partial charge on any atom is 0.329 e. The van der Waals surface area contributed by atoms with Crippen LogP contribution in [0.5, 0.6) is 5.75 Å². The molecule has 0 aliphatic rings. The van der Waals surface area contributed by atoms with E-state index in [4.69, 9.17) is 17.0 Å². The van der Waals surface area contributed by atoms with Gasteiger partial charge in [-0.1, -0.05) is 28.1 Å². The molecule has 0 bridgehead atoms. The Morgan fingerprint density at radius 2 is 2.19 bits per heavy atom. The summed E-state index contributed by atoms with van der Waals surface area (Å²) >= 11 is 8.37. The lowest BCUT2D eigenvalue weighted by atomic mass is 10.2. The average Bonchev–Trinajstić information content (AvgIpc) is 2.25. The Balaban J connectivity index is 2.86. The van der Waals surface area contributed by atoms with Crippen molar-refractivity contribution >= 4 is 39.1 Å². The Morgan fingerprint density at radius 3 is 2.75 bits per heavy atom. The van der Waals surface area contributed by atoms with E-state index in [2.05, 4.69) is 26.2 Å². The van der Waals surface area contributed by atoms with Gasteiger partial charge in [-0.25, -0.2) is 5.48 Å². The number of hydroxylamine groups is 1. The number of thiocarbonyl (C=S) groups is 1. The normalized spacial score (nSPS) is 9.44. The average molecular weight is 304 g/mol. The summed E-state index contributed by atoms with van der Waals surface area (Å²) < 4.78 is 6.03. The number of rotatable bonds is 2. The molecule has 0 spiro atoms. The highest BCUT2D eigenvalue weighted by molar-refractivity contribution is 9.10. The van der Waals surface area contributed by atoms with Crippen LogP contribution < -0.4 is 10.2 Å². The fourth-order valence-electron chi connectivity index (χ4n) is 1.03. The summed E-state index contributed by atoms with van der Waals surface area (Å²) in [4.78, 5) is 15.5. The minimum atomic E-state index is -0.460. The SMILES string of the molecule is COc1cc(Br)ccc1C(=S)NOC(C)=O. The first-order valence-corrected chi connectivity index (χ1v) is 5.56. The fraction of sp³-hybridized carbons (Fsp3) is 0.200. The number of hydrogen-bond donors (Lipinski definition) is 1. The van der Waals surface area contributed by atoms with Crippen molar-refractivity contribution in [3.05, 3.63) is 28.2 Å². The first-order valence-electron chi connectivity index (χ1n) is 4.36. The van der Waals surface area contributed by atoms with Crippen LogP contribution in [0, 0.1) is 0 Å². The summed E-state index contributed by atoms with van der Waals surface area (Å²) in [6.07, 6.45) is 0. The molecule has 0 atom stereocenters. The Kier molecular flexibility index (Phi) is 4.70. The molecule has 86 valence electrons. The van der Waals surface area contributed by atoms with Gasteiger partial charge in [-0.3, -0.25) is 4.79 Å². The molecule has 16 heavy (non-hydrogen) atoms. The highest BCUT2D eigenvalue weighted by atomic mass is 79.9. The number of carbonyl (C=O) groups excluding carboxylic acids is 1. The van der Waals surface area contributed by atoms with Crippen molar-refractivity contribution in [2.24, 2.45) is 0 Å². The monoisotopic (exact) mass is 303 g/mol. The summed E-state index contributed by atoms with van der Waals surface area (Å²) in [5, 5.41) is 0. The lowest BCUT2D eigenvalue weighted by Gasteiger charge is -2.10. The van der Waals surface area contributed by atoms with Gasteiger partial charge in [-0.15, -0.1) is 0 Å². The second-order valence-corrected chi connectivity index (χ2v) is 4.19. The molecule has 0 amide bonds. The minimum absolute atomic E-state index is 0.291. The molecule has 0 unspecified atom stereocenters. The van der Waals surface area contributed by atoms with Crippen molar-refractivity contribution in [1.82, 2.24) is 5.48 Å². The van der Waals surface area contributed by atoms with E-state index in [1.54, 1.807) is 19.2 Å². The number of halogens is 1. The molecule has 0 heterocycles. The zero-order chi connectivity index (χ0) is 12.1. The molecule has 6 heteroatoms. The summed E-state index contributed by atoms with van der Waals surface area (Å²) in [6, 6.07) is 5.36. The second-order valence-electron chi connectivity index (χ2n) is 2.87. The van der Waals surface area contributed by atoms with Crippen molar-refractivity contribution in [3.8, 4) is 5.75 Å². The molecule has 0 saturated heterocycles. The van der Waals surface area contributed by atoms with Crippen molar-refractivity contribution < 1.29 is 14.4 Å². The number of ether oxygens (including phenoxy) is 1. The second kappa shape index (κ2) is 5.81. The zero-order valence-electron chi connectivity index (χ0n) is 8.74. The summed E-state index contributed by atoms with van der Waals surface area (Å²) in [6.45, 7) is 1.29. The van der Waals surface area contributed by atoms with Gasteiger partial charge in [0.15, 0.2) is 0 Å². The van der Waals surface area contributed by atoms with Crippen LogP contribution in [-0.4, -0.2) is 18.1 Å². The van der Waals surface area contributed by atoms with Crippen LogP contribution in [0.4, 0.5) is 0 Å². The van der Waals surface area contributed by atoms with Crippen LogP contribution in [0.3, 0.4) is 0 Å². The number of carbonyl (C=O) groups is 1. The molecule has 0 aliphatic carbocycles. The van der Waals surface area contributed by atoms with Gasteiger partial charge in [0.2, 0.25) is 0 Å². The summed E-state index contributed by atoms with van der Waals surface area (Å²) in [5.41, 5.74) is 3.03. The third-order valence-electron chi connectivity index (χ3n) is 1.70. The largest absolute Gasteiger partial charge is 0.496 e. The fourth-order valence-corrected chi connectivity index (χ4v) is 1.58. The van der Waals surface area contributed by atoms with E-state index in [9.17, 15) is 4.79 Å². The van der Waals surface area contributed by atoms with Crippen molar-refractivity contribution in [1.29, 1.82) is 0 Å². The van der Waals surface area contributed by atoms with E-state index < -0.39 is 5.97 Å². The molecular formula is C10H10BrNO3S. The number of methoxy groups -OCH3 is 1. The van der Waals surface area contributed by atoms with Crippen molar-refractivity contribution in [3.63, 3.8) is 0 Å². The summed E-state index contributed by atoms with van der Waals surface area (Å²) in [5.74, 6) is 0.137. The maximum absolute atomic E-state index is 10.6. The summed E-state index contributed by atoms with van der Waals surface area (Å²) in [7, 11) is 1.54. The Morgan fingerprint density at radius 1 is 1.50 bits per heavy atom. The number of hydrogen-bond acceptors (Lipinski definition) is 4. The molecule has 0 aliphatic heterocycles. The molecule has 1 N–H and O–H groups in total. The van der Waals surface area contributed by atoms with Crippen molar-refractivity contribution in [2.75, 3.05) is 7.11 Å². The molecule has 0 fully saturated rings. The van der Waals surface area contributed by atoms with Gasteiger partial charge in [0.1, 0.15) is 10.7 Å². The maximum atomic E-state index is 10.6. The quantitative estimate of drug-likeness (QED) is 0.670. The predicted molar refractivity (Wildman–Crippen MR) is 67.3 cm³/mol. The van der Waals surface area contributed by atoms with Gasteiger partial charge in [-0.2, -0.15) is 0 Å². The molecular weight excluding hydrogens is 294 g/mol. The molecule has 4 nitrogen and oxygen atoms in total. The minimum Gasteiger partial charge on any atom is -0.496 e. The number of nitrogens with one attached hydrogen (secondary N) is 1. The van der Waals surface area contributed by atoms with E-state index in [1.807, 2.05) is 6.07 Å². The lowest BCUT2D eigenvalue weighted by molar-refractivity contribution is -0.144. The van der Waals surface area contributed by atoms with Gasteiger partial charge in [0.05, 0.1) is 12.7 Å². The van der Waals surface area contributed by atoms with E-state index in [-0.39, 0.29) is 0 Å². The standard InChI is InChI=1S/C10H10BrNO3S/c1-6(13)15-12-10(16)8-4-3-7(11)5-9(8)14-2/h3-5H,1-2H3,(H,12,16). The zero-order valence-corrected chi connectivity index (χ0v) is 11.1. The molecule has 0 radical (unpaired) electrons. The van der Waals surface area contributed by atoms with Crippen LogP contribution in [-0.2, 0) is 9.63 Å². The predicted octanol–water partition coefficient (Wildman–Crippen LogP) is 2.20. The third-order valence-corrected chi connectivity index (χ3v) is 2.49. The van der Waals surface area contributed by atoms with Crippen LogP contribution in [0.15, 0.2) is 22.7 Å². The van der Waals surface area contributed by atoms with Crippen LogP contribution in [0.25, 0.3) is 0 Å². The van der Waals surface area contributed by atoms with Crippen LogP contribution >= 0.6 is 28.1 Å². The molecule has 0 saturated carbocycles. The lowest BCUT2D eigenvalue weighted by Crippen LogP contribution is -2.25. The Hall–Kier alpha value is -1.14. The van der Waals surface area contributed by atoms with Gasteiger partial charge >= 0.3 is 5.97 Å². The number of benzene rings is 1. The topological polar surface area (TPSA) is 47.6 Å². The first-order chi connectivity index (χ1) is 7.54. The van der Waals surface area contributed by atoms with Gasteiger partial charge < -0.3 is 9.57 Å². The Labute approximate surface area is 107 Å². The highest BCUT2D eigenvalue weighted by Crippen LogP contribution is 2.23. The molecule has 1 aromatic carbocycles. The van der Waals surface area contributed by atoms with Crippen molar-refractivity contribution in [2.45, 2.75) is 6.92 Å². The Bertz CT molecular complexity index is 423. The van der Waals surface area contributed by atoms with Gasteiger partial charge in [0.25, 0.3) is 0 Å². The van der Waals surface area contributed by atoms with E-state index in [0.717, 1.165) is 4.47 Å². The van der Waals surface area contributed by atoms with E-state index in [1.165, 1.54) is 6.92 Å². The van der Waals surface area contributed by atoms with Gasteiger partial charge in [0, 0.05) is 11.4 Å².